The van der Waals surface area contributed by atoms with Gasteiger partial charge < -0.3 is 0 Å². The zero-order valence-electron chi connectivity index (χ0n) is 14.4. The lowest BCUT2D eigenvalue weighted by molar-refractivity contribution is 0.103. The fraction of sp³-hybridized carbons (Fsp3) is 0.950. The number of unbranched alkanes of at least 4 members (excludes halogenated alkanes) is 1. The fourth-order valence-electron chi connectivity index (χ4n) is 5.07. The van der Waals surface area contributed by atoms with Crippen molar-refractivity contribution >= 4 is 0 Å². The van der Waals surface area contributed by atoms with Gasteiger partial charge in [0.1, 0.15) is 0 Å². The lowest BCUT2D eigenvalue weighted by Crippen LogP contribution is -2.32. The molecule has 0 aromatic heterocycles. The van der Waals surface area contributed by atoms with E-state index in [1.165, 1.54) is 77.0 Å². The molecule has 1 heteroatoms. The van der Waals surface area contributed by atoms with Gasteiger partial charge in [-0.3, -0.25) is 0 Å². The number of nitriles is 1. The summed E-state index contributed by atoms with van der Waals surface area (Å²) in [5.41, 5.74) is 0.0409. The molecule has 2 aliphatic carbocycles. The van der Waals surface area contributed by atoms with Crippen LogP contribution in [0.3, 0.4) is 0 Å². The third kappa shape index (κ3) is 4.48. The van der Waals surface area contributed by atoms with E-state index < -0.39 is 0 Å². The van der Waals surface area contributed by atoms with E-state index in [0.29, 0.717) is 0 Å². The highest BCUT2D eigenvalue weighted by atomic mass is 14.5. The maximum Gasteiger partial charge on any atom is 0.0689 e. The van der Waals surface area contributed by atoms with E-state index in [1.807, 2.05) is 0 Å². The Labute approximate surface area is 132 Å². The Balaban J connectivity index is 1.88. The molecule has 120 valence electrons. The van der Waals surface area contributed by atoms with Crippen LogP contribution in [0.25, 0.3) is 0 Å². The number of hydrogen-bond donors (Lipinski definition) is 0. The van der Waals surface area contributed by atoms with E-state index in [2.05, 4.69) is 19.9 Å². The Morgan fingerprint density at radius 2 is 1.76 bits per heavy atom. The van der Waals surface area contributed by atoms with E-state index in [0.717, 1.165) is 24.2 Å². The van der Waals surface area contributed by atoms with Crippen molar-refractivity contribution in [2.45, 2.75) is 97.3 Å². The first kappa shape index (κ1) is 16.9. The van der Waals surface area contributed by atoms with Crippen LogP contribution in [0.5, 0.6) is 0 Å². The predicted molar refractivity (Wildman–Crippen MR) is 89.9 cm³/mol. The summed E-state index contributed by atoms with van der Waals surface area (Å²) in [7, 11) is 0. The molecule has 21 heavy (non-hydrogen) atoms. The normalized spacial score (nSPS) is 37.1. The zero-order chi connectivity index (χ0) is 15.1. The number of nitrogens with zero attached hydrogens (tertiary/aromatic N) is 1. The molecule has 1 nitrogen and oxygen atoms in total. The molecule has 0 saturated heterocycles. The maximum absolute atomic E-state index is 9.75. The van der Waals surface area contributed by atoms with Gasteiger partial charge in [-0.2, -0.15) is 5.26 Å². The second kappa shape index (κ2) is 8.21. The molecule has 0 aliphatic heterocycles. The van der Waals surface area contributed by atoms with E-state index in [1.54, 1.807) is 0 Å². The van der Waals surface area contributed by atoms with Crippen molar-refractivity contribution in [2.24, 2.45) is 23.2 Å². The van der Waals surface area contributed by atoms with Crippen molar-refractivity contribution in [2.75, 3.05) is 0 Å². The van der Waals surface area contributed by atoms with Crippen LogP contribution < -0.4 is 0 Å². The van der Waals surface area contributed by atoms with Gasteiger partial charge in [0.15, 0.2) is 0 Å². The minimum absolute atomic E-state index is 0.0409. The van der Waals surface area contributed by atoms with Crippen molar-refractivity contribution in [1.29, 1.82) is 5.26 Å². The van der Waals surface area contributed by atoms with Crippen LogP contribution in [0, 0.1) is 34.5 Å². The summed E-state index contributed by atoms with van der Waals surface area (Å²) in [4.78, 5) is 0. The van der Waals surface area contributed by atoms with E-state index in [-0.39, 0.29) is 5.41 Å². The van der Waals surface area contributed by atoms with E-state index in [4.69, 9.17) is 0 Å². The fourth-order valence-corrected chi connectivity index (χ4v) is 5.07. The minimum Gasteiger partial charge on any atom is -0.198 e. The van der Waals surface area contributed by atoms with Crippen LogP contribution in [-0.4, -0.2) is 0 Å². The molecule has 2 aliphatic rings. The molecule has 0 unspecified atom stereocenters. The molecule has 0 heterocycles. The molecule has 0 aromatic carbocycles. The van der Waals surface area contributed by atoms with Gasteiger partial charge in [0.2, 0.25) is 0 Å². The summed E-state index contributed by atoms with van der Waals surface area (Å²) in [5, 5.41) is 9.75. The molecular weight excluding hydrogens is 254 g/mol. The van der Waals surface area contributed by atoms with E-state index >= 15 is 0 Å². The highest BCUT2D eigenvalue weighted by molar-refractivity contribution is 5.03. The van der Waals surface area contributed by atoms with Crippen molar-refractivity contribution in [3.8, 4) is 6.07 Å². The molecule has 2 rings (SSSR count). The maximum atomic E-state index is 9.75. The Morgan fingerprint density at radius 1 is 1.00 bits per heavy atom. The second-order valence-corrected chi connectivity index (χ2v) is 7.92. The monoisotopic (exact) mass is 289 g/mol. The lowest BCUT2D eigenvalue weighted by Gasteiger charge is -2.42. The summed E-state index contributed by atoms with van der Waals surface area (Å²) in [6, 6.07) is 2.75. The Hall–Kier alpha value is -0.510. The number of hydrogen-bond acceptors (Lipinski definition) is 1. The quantitative estimate of drug-likeness (QED) is 0.548. The Morgan fingerprint density at radius 3 is 2.38 bits per heavy atom. The van der Waals surface area contributed by atoms with Gasteiger partial charge in [0.25, 0.3) is 0 Å². The van der Waals surface area contributed by atoms with Crippen LogP contribution in [0.1, 0.15) is 97.3 Å². The van der Waals surface area contributed by atoms with Gasteiger partial charge in [0, 0.05) is 0 Å². The van der Waals surface area contributed by atoms with Crippen LogP contribution in [0.2, 0.25) is 0 Å². The molecular formula is C20H35N. The predicted octanol–water partition coefficient (Wildman–Crippen LogP) is 6.48. The van der Waals surface area contributed by atoms with Gasteiger partial charge in [-0.15, -0.1) is 0 Å². The molecule has 2 atom stereocenters. The van der Waals surface area contributed by atoms with Crippen LogP contribution in [0.4, 0.5) is 0 Å². The van der Waals surface area contributed by atoms with Crippen LogP contribution in [0.15, 0.2) is 0 Å². The van der Waals surface area contributed by atoms with Gasteiger partial charge >= 0.3 is 0 Å². The molecule has 0 N–H and O–H groups in total. The molecule has 2 saturated carbocycles. The summed E-state index contributed by atoms with van der Waals surface area (Å²) in [6.45, 7) is 4.57. The summed E-state index contributed by atoms with van der Waals surface area (Å²) in [6.07, 6.45) is 17.3. The first-order valence-corrected chi connectivity index (χ1v) is 9.64. The van der Waals surface area contributed by atoms with Crippen molar-refractivity contribution in [1.82, 2.24) is 0 Å². The summed E-state index contributed by atoms with van der Waals surface area (Å²) >= 11 is 0. The van der Waals surface area contributed by atoms with Gasteiger partial charge in [-0.05, 0) is 49.9 Å². The van der Waals surface area contributed by atoms with Crippen molar-refractivity contribution in [3.63, 3.8) is 0 Å². The smallest absolute Gasteiger partial charge is 0.0689 e. The third-order valence-corrected chi connectivity index (χ3v) is 6.38. The first-order chi connectivity index (χ1) is 10.2. The summed E-state index contributed by atoms with van der Waals surface area (Å²) < 4.78 is 0. The largest absolute Gasteiger partial charge is 0.198 e. The zero-order valence-corrected chi connectivity index (χ0v) is 14.4. The molecule has 0 bridgehead atoms. The molecule has 2 fully saturated rings. The average Bonchev–Trinajstić information content (AvgIpc) is 2.54. The van der Waals surface area contributed by atoms with Crippen LogP contribution in [-0.2, 0) is 0 Å². The van der Waals surface area contributed by atoms with Crippen molar-refractivity contribution in [3.05, 3.63) is 0 Å². The number of rotatable bonds is 6. The molecule has 0 spiro atoms. The first-order valence-electron chi connectivity index (χ1n) is 9.64. The van der Waals surface area contributed by atoms with Gasteiger partial charge in [-0.25, -0.2) is 0 Å². The van der Waals surface area contributed by atoms with Gasteiger partial charge in [-0.1, -0.05) is 65.2 Å². The van der Waals surface area contributed by atoms with Crippen LogP contribution >= 0.6 is 0 Å². The minimum atomic E-state index is 0.0409. The van der Waals surface area contributed by atoms with Gasteiger partial charge in [0.05, 0.1) is 11.5 Å². The molecule has 0 radical (unpaired) electrons. The Kier molecular flexibility index (Phi) is 6.59. The standard InChI is InChI=1S/C20H35N/c1-3-5-13-20(16-21)14-6-8-19(15-20)18-11-9-17(7-4-2)10-12-18/h17-19H,3-15H2,1-2H3/t17?,18?,19-,20+/m1/s1. The second-order valence-electron chi connectivity index (χ2n) is 7.92. The average molecular weight is 290 g/mol. The molecule has 0 aromatic rings. The highest BCUT2D eigenvalue weighted by Gasteiger charge is 2.39. The molecule has 0 amide bonds. The van der Waals surface area contributed by atoms with E-state index in [9.17, 15) is 5.26 Å². The topological polar surface area (TPSA) is 23.8 Å². The van der Waals surface area contributed by atoms with Crippen molar-refractivity contribution < 1.29 is 0 Å². The summed E-state index contributed by atoms with van der Waals surface area (Å²) in [5.74, 6) is 2.81. The SMILES string of the molecule is CCCC[C@]1(C#N)CCC[C@@H](C2CCC(CCC)CC2)C1. The lowest BCUT2D eigenvalue weighted by atomic mass is 9.62. The Bertz CT molecular complexity index is 334. The third-order valence-electron chi connectivity index (χ3n) is 6.38. The highest BCUT2D eigenvalue weighted by Crippen LogP contribution is 2.48.